The van der Waals surface area contributed by atoms with Gasteiger partial charge < -0.3 is 10.6 Å². The first-order valence-electron chi connectivity index (χ1n) is 16.3. The van der Waals surface area contributed by atoms with Gasteiger partial charge in [0.1, 0.15) is 11.4 Å². The second kappa shape index (κ2) is 10.5. The zero-order chi connectivity index (χ0) is 31.6. The lowest BCUT2D eigenvalue weighted by molar-refractivity contribution is 1.23. The normalized spacial score (nSPS) is 15.1. The molecule has 0 saturated carbocycles. The molecule has 8 aromatic rings. The molecule has 10 rings (SSSR count). The molecule has 8 aromatic carbocycles. The van der Waals surface area contributed by atoms with Crippen LogP contribution in [0.3, 0.4) is 0 Å². The van der Waals surface area contributed by atoms with E-state index >= 15 is 0 Å². The van der Waals surface area contributed by atoms with Gasteiger partial charge in [-0.1, -0.05) is 133 Å². The Balaban J connectivity index is 1.29. The molecular weight excluding hydrogens is 585 g/mol. The molecule has 0 atom stereocenters. The minimum absolute atomic E-state index is 0.817. The Morgan fingerprint density at radius 1 is 0.312 bits per heavy atom. The predicted molar refractivity (Wildman–Crippen MR) is 198 cm³/mol. The zero-order valence-electron chi connectivity index (χ0n) is 25.9. The van der Waals surface area contributed by atoms with Crippen molar-refractivity contribution in [1.82, 2.24) is 0 Å². The minimum atomic E-state index is 0.817. The molecule has 2 aliphatic rings. The molecule has 4 nitrogen and oxygen atoms in total. The number of fused-ring (bicyclic) bond motifs is 8. The van der Waals surface area contributed by atoms with Crippen molar-refractivity contribution in [3.05, 3.63) is 190 Å². The van der Waals surface area contributed by atoms with Crippen LogP contribution in [0.4, 0.5) is 11.4 Å². The summed E-state index contributed by atoms with van der Waals surface area (Å²) in [5.41, 5.74) is 5.58. The third-order valence-electron chi connectivity index (χ3n) is 9.58. The fourth-order valence-corrected chi connectivity index (χ4v) is 7.28. The van der Waals surface area contributed by atoms with Gasteiger partial charge in [0.2, 0.25) is 0 Å². The molecule has 0 saturated heterocycles. The lowest BCUT2D eigenvalue weighted by Gasteiger charge is -2.16. The van der Waals surface area contributed by atoms with E-state index in [-0.39, 0.29) is 0 Å². The number of nitrogens with zero attached hydrogens (tertiary/aromatic N) is 2. The van der Waals surface area contributed by atoms with Gasteiger partial charge in [-0.2, -0.15) is 0 Å². The number of nitrogens with one attached hydrogen (secondary N) is 2. The summed E-state index contributed by atoms with van der Waals surface area (Å²) in [6, 6.07) is 55.5. The van der Waals surface area contributed by atoms with Crippen molar-refractivity contribution >= 4 is 65.9 Å². The standard InChI is InChI=1S/C44H28N4/c1-5-17-31-27(11-1)15-9-21-37(31)45-41-35-25-23-29-13-3-7-19-33(29)39(35)47-43(41)44-42(46-38-22-10-16-28-12-2-6-18-32(28)38)36-26-24-30-14-4-8-20-34(30)40(36)48-44/h1-26,45-46H/b44-43+. The second-order valence-electron chi connectivity index (χ2n) is 12.3. The third kappa shape index (κ3) is 4.10. The van der Waals surface area contributed by atoms with Gasteiger partial charge in [-0.25, -0.2) is 9.98 Å². The quantitative estimate of drug-likeness (QED) is 0.212. The van der Waals surface area contributed by atoms with Gasteiger partial charge in [-0.3, -0.25) is 0 Å². The highest BCUT2D eigenvalue weighted by molar-refractivity contribution is 6.01. The van der Waals surface area contributed by atoms with E-state index in [0.29, 0.717) is 0 Å². The molecule has 0 bridgehead atoms. The van der Waals surface area contributed by atoms with E-state index < -0.39 is 0 Å². The Kier molecular flexibility index (Phi) is 5.84. The van der Waals surface area contributed by atoms with Crippen LogP contribution in [-0.2, 0) is 0 Å². The van der Waals surface area contributed by atoms with E-state index in [1.165, 1.54) is 10.8 Å². The predicted octanol–water partition coefficient (Wildman–Crippen LogP) is 7.92. The summed E-state index contributed by atoms with van der Waals surface area (Å²) in [5, 5.41) is 21.0. The Morgan fingerprint density at radius 3 is 1.10 bits per heavy atom. The molecule has 2 N–H and O–H groups in total. The monoisotopic (exact) mass is 612 g/mol. The van der Waals surface area contributed by atoms with Crippen LogP contribution in [0.15, 0.2) is 179 Å². The van der Waals surface area contributed by atoms with Crippen molar-refractivity contribution in [1.29, 1.82) is 0 Å². The minimum Gasteiger partial charge on any atom is -0.353 e. The van der Waals surface area contributed by atoms with Crippen LogP contribution in [0.5, 0.6) is 0 Å². The van der Waals surface area contributed by atoms with E-state index in [0.717, 1.165) is 87.6 Å². The summed E-state index contributed by atoms with van der Waals surface area (Å²) in [6.45, 7) is 0. The van der Waals surface area contributed by atoms with Crippen molar-refractivity contribution in [2.75, 3.05) is 10.6 Å². The van der Waals surface area contributed by atoms with Crippen LogP contribution in [0, 0.1) is 0 Å². The van der Waals surface area contributed by atoms with E-state index in [9.17, 15) is 0 Å². The Hall–Kier alpha value is -6.52. The van der Waals surface area contributed by atoms with Crippen LogP contribution in [0.2, 0.25) is 0 Å². The van der Waals surface area contributed by atoms with Crippen LogP contribution >= 0.6 is 0 Å². The number of anilines is 2. The highest BCUT2D eigenvalue weighted by atomic mass is 15.0. The maximum atomic E-state index is 5.46. The number of hydrogen-bond donors (Lipinski definition) is 2. The molecule has 0 fully saturated rings. The number of benzene rings is 8. The summed E-state index contributed by atoms with van der Waals surface area (Å²) < 4.78 is 0. The topological polar surface area (TPSA) is 48.8 Å². The summed E-state index contributed by atoms with van der Waals surface area (Å²) >= 11 is 0. The molecule has 0 radical (unpaired) electrons. The lowest BCUT2D eigenvalue weighted by Crippen LogP contribution is -2.26. The first-order chi connectivity index (χ1) is 23.8. The van der Waals surface area contributed by atoms with Crippen LogP contribution in [0.25, 0.3) is 54.5 Å². The van der Waals surface area contributed by atoms with E-state index in [1.54, 1.807) is 0 Å². The average Bonchev–Trinajstić information content (AvgIpc) is 3.70. The second-order valence-corrected chi connectivity index (χ2v) is 12.3. The van der Waals surface area contributed by atoms with Gasteiger partial charge in [0.25, 0.3) is 0 Å². The maximum Gasteiger partial charge on any atom is 0.116 e. The van der Waals surface area contributed by atoms with Gasteiger partial charge in [-0.15, -0.1) is 0 Å². The summed E-state index contributed by atoms with van der Waals surface area (Å²) in [6.07, 6.45) is 0. The highest BCUT2D eigenvalue weighted by Gasteiger charge is 2.26. The maximum absolute atomic E-state index is 5.46. The zero-order valence-corrected chi connectivity index (χ0v) is 25.9. The van der Waals surface area contributed by atoms with Gasteiger partial charge in [-0.05, 0) is 45.8 Å². The Labute approximate surface area is 276 Å². The third-order valence-corrected chi connectivity index (χ3v) is 9.58. The molecule has 0 amide bonds. The van der Waals surface area contributed by atoms with Gasteiger partial charge >= 0.3 is 0 Å². The van der Waals surface area contributed by atoms with E-state index in [2.05, 4.69) is 168 Å². The van der Waals surface area contributed by atoms with E-state index in [4.69, 9.17) is 9.98 Å². The number of hydrogen-bond acceptors (Lipinski definition) is 4. The molecule has 0 spiro atoms. The van der Waals surface area contributed by atoms with E-state index in [1.807, 2.05) is 0 Å². The average molecular weight is 613 g/mol. The van der Waals surface area contributed by atoms with Crippen molar-refractivity contribution in [2.45, 2.75) is 0 Å². The molecule has 2 aliphatic heterocycles. The molecule has 0 unspecified atom stereocenters. The SMILES string of the molecule is c1ccc2c(NC3=c4ccc5ccccc5c4=N/C3=C3/N=c4c(ccc5ccccc45)=C3Nc3cccc4ccccc34)cccc2c1. The van der Waals surface area contributed by atoms with Gasteiger partial charge in [0.15, 0.2) is 0 Å². The molecule has 4 heteroatoms. The molecule has 0 aromatic heterocycles. The molecule has 48 heavy (non-hydrogen) atoms. The largest absolute Gasteiger partial charge is 0.353 e. The summed E-state index contributed by atoms with van der Waals surface area (Å²) in [7, 11) is 0. The van der Waals surface area contributed by atoms with Crippen molar-refractivity contribution < 1.29 is 0 Å². The van der Waals surface area contributed by atoms with Crippen molar-refractivity contribution in [2.24, 2.45) is 9.98 Å². The molecular formula is C44H28N4. The van der Waals surface area contributed by atoms with Crippen LogP contribution in [-0.4, -0.2) is 0 Å². The first-order valence-corrected chi connectivity index (χ1v) is 16.3. The fraction of sp³-hybridized carbons (Fsp3) is 0. The van der Waals surface area contributed by atoms with Crippen molar-refractivity contribution in [3.8, 4) is 0 Å². The van der Waals surface area contributed by atoms with Gasteiger partial charge in [0, 0.05) is 43.4 Å². The van der Waals surface area contributed by atoms with Crippen LogP contribution in [0.1, 0.15) is 0 Å². The fourth-order valence-electron chi connectivity index (χ4n) is 7.28. The lowest BCUT2D eigenvalue weighted by atomic mass is 10.1. The van der Waals surface area contributed by atoms with Crippen LogP contribution < -0.4 is 31.8 Å². The smallest absolute Gasteiger partial charge is 0.116 e. The molecule has 224 valence electrons. The highest BCUT2D eigenvalue weighted by Crippen LogP contribution is 2.33. The first kappa shape index (κ1) is 26.7. The van der Waals surface area contributed by atoms with Crippen molar-refractivity contribution in [3.63, 3.8) is 0 Å². The summed E-state index contributed by atoms with van der Waals surface area (Å²) in [4.78, 5) is 10.9. The number of rotatable bonds is 4. The Bertz CT molecular complexity index is 2740. The van der Waals surface area contributed by atoms with Gasteiger partial charge in [0.05, 0.1) is 22.1 Å². The summed E-state index contributed by atoms with van der Waals surface area (Å²) in [5.74, 6) is 0. The molecule has 0 aliphatic carbocycles. The molecule has 2 heterocycles. The Morgan fingerprint density at radius 2 is 0.667 bits per heavy atom.